The Morgan fingerprint density at radius 2 is 2.05 bits per heavy atom. The quantitative estimate of drug-likeness (QED) is 0.619. The van der Waals surface area contributed by atoms with E-state index in [2.05, 4.69) is 0 Å². The van der Waals surface area contributed by atoms with Crippen molar-refractivity contribution >= 4 is 23.2 Å². The first kappa shape index (κ1) is 17.4. The standard InChI is InChI=1S/C14H19ClN2O4/c1-3-11(4-2)16(7-8-18)14(19)10-5-6-12(15)13(9-10)17(20)21/h5-6,9,11,18H,3-4,7-8H2,1-2H3. The molecule has 7 heteroatoms. The van der Waals surface area contributed by atoms with Crippen LogP contribution in [0.2, 0.25) is 5.02 Å². The molecular formula is C14H19ClN2O4. The minimum atomic E-state index is -0.618. The number of nitro groups is 1. The predicted octanol–water partition coefficient (Wildman–Crippen LogP) is 2.87. The van der Waals surface area contributed by atoms with E-state index in [0.29, 0.717) is 0 Å². The van der Waals surface area contributed by atoms with Crippen molar-refractivity contribution in [3.8, 4) is 0 Å². The van der Waals surface area contributed by atoms with E-state index >= 15 is 0 Å². The first-order valence-electron chi connectivity index (χ1n) is 6.81. The van der Waals surface area contributed by atoms with E-state index in [-0.39, 0.29) is 41.4 Å². The van der Waals surface area contributed by atoms with E-state index in [9.17, 15) is 14.9 Å². The SMILES string of the molecule is CCC(CC)N(CCO)C(=O)c1ccc(Cl)c([N+](=O)[O-])c1. The fraction of sp³-hybridized carbons (Fsp3) is 0.500. The molecule has 1 aromatic rings. The van der Waals surface area contributed by atoms with Crippen LogP contribution in [0.25, 0.3) is 0 Å². The van der Waals surface area contributed by atoms with Gasteiger partial charge in [-0.2, -0.15) is 0 Å². The first-order valence-corrected chi connectivity index (χ1v) is 7.19. The molecule has 1 N–H and O–H groups in total. The van der Waals surface area contributed by atoms with Crippen LogP contribution in [0, 0.1) is 10.1 Å². The summed E-state index contributed by atoms with van der Waals surface area (Å²) in [6.07, 6.45) is 1.50. The monoisotopic (exact) mass is 314 g/mol. The molecule has 1 aromatic carbocycles. The number of aliphatic hydroxyl groups is 1. The zero-order valence-electron chi connectivity index (χ0n) is 12.1. The Hall–Kier alpha value is -1.66. The zero-order valence-corrected chi connectivity index (χ0v) is 12.8. The molecule has 0 aliphatic heterocycles. The van der Waals surface area contributed by atoms with Gasteiger partial charge in [0.05, 0.1) is 11.5 Å². The summed E-state index contributed by atoms with van der Waals surface area (Å²) in [4.78, 5) is 24.4. The molecule has 0 aliphatic carbocycles. The third-order valence-corrected chi connectivity index (χ3v) is 3.69. The highest BCUT2D eigenvalue weighted by molar-refractivity contribution is 6.32. The fourth-order valence-corrected chi connectivity index (χ4v) is 2.43. The summed E-state index contributed by atoms with van der Waals surface area (Å²) in [6, 6.07) is 3.97. The number of nitrogens with zero attached hydrogens (tertiary/aromatic N) is 2. The average molecular weight is 315 g/mol. The Morgan fingerprint density at radius 3 is 2.52 bits per heavy atom. The Balaban J connectivity index is 3.14. The van der Waals surface area contributed by atoms with Gasteiger partial charge in [0, 0.05) is 24.2 Å². The Morgan fingerprint density at radius 1 is 1.43 bits per heavy atom. The van der Waals surface area contributed by atoms with Crippen LogP contribution in [-0.2, 0) is 0 Å². The molecular weight excluding hydrogens is 296 g/mol. The lowest BCUT2D eigenvalue weighted by molar-refractivity contribution is -0.384. The van der Waals surface area contributed by atoms with Crippen LogP contribution in [0.1, 0.15) is 37.0 Å². The summed E-state index contributed by atoms with van der Waals surface area (Å²) >= 11 is 5.75. The molecule has 0 heterocycles. The lowest BCUT2D eigenvalue weighted by Gasteiger charge is -2.30. The van der Waals surface area contributed by atoms with Crippen LogP contribution in [0.4, 0.5) is 5.69 Å². The second kappa shape index (κ2) is 7.95. The van der Waals surface area contributed by atoms with Crippen LogP contribution in [0.3, 0.4) is 0 Å². The van der Waals surface area contributed by atoms with Gasteiger partial charge in [-0.3, -0.25) is 14.9 Å². The molecule has 0 bridgehead atoms. The smallest absolute Gasteiger partial charge is 0.288 e. The molecule has 0 saturated heterocycles. The van der Waals surface area contributed by atoms with E-state index < -0.39 is 4.92 Å². The number of hydrogen-bond donors (Lipinski definition) is 1. The Kier molecular flexibility index (Phi) is 6.58. The van der Waals surface area contributed by atoms with Gasteiger partial charge in [-0.05, 0) is 25.0 Å². The summed E-state index contributed by atoms with van der Waals surface area (Å²) in [5.41, 5.74) is -0.0949. The number of benzene rings is 1. The van der Waals surface area contributed by atoms with Gasteiger partial charge < -0.3 is 10.0 Å². The highest BCUT2D eigenvalue weighted by atomic mass is 35.5. The van der Waals surface area contributed by atoms with Crippen molar-refractivity contribution in [3.05, 3.63) is 38.9 Å². The van der Waals surface area contributed by atoms with E-state index in [4.69, 9.17) is 16.7 Å². The molecule has 0 unspecified atom stereocenters. The minimum absolute atomic E-state index is 0.00667. The summed E-state index contributed by atoms with van der Waals surface area (Å²) in [5.74, 6) is -0.336. The van der Waals surface area contributed by atoms with Gasteiger partial charge in [0.1, 0.15) is 5.02 Å². The van der Waals surface area contributed by atoms with Gasteiger partial charge in [-0.25, -0.2) is 0 Å². The third kappa shape index (κ3) is 4.15. The fourth-order valence-electron chi connectivity index (χ4n) is 2.24. The predicted molar refractivity (Wildman–Crippen MR) is 80.6 cm³/mol. The number of carbonyl (C=O) groups excluding carboxylic acids is 1. The topological polar surface area (TPSA) is 83.7 Å². The zero-order chi connectivity index (χ0) is 16.0. The maximum atomic E-state index is 12.5. The number of halogens is 1. The number of carbonyl (C=O) groups is 1. The number of rotatable bonds is 7. The van der Waals surface area contributed by atoms with E-state index in [1.807, 2.05) is 13.8 Å². The number of nitro benzene ring substituents is 1. The van der Waals surface area contributed by atoms with Crippen molar-refractivity contribution in [2.75, 3.05) is 13.2 Å². The van der Waals surface area contributed by atoms with E-state index in [0.717, 1.165) is 12.8 Å². The highest BCUT2D eigenvalue weighted by Gasteiger charge is 2.24. The van der Waals surface area contributed by atoms with Gasteiger partial charge >= 0.3 is 0 Å². The second-order valence-corrected chi connectivity index (χ2v) is 5.02. The maximum Gasteiger partial charge on any atom is 0.288 e. The molecule has 21 heavy (non-hydrogen) atoms. The van der Waals surface area contributed by atoms with Crippen molar-refractivity contribution < 1.29 is 14.8 Å². The summed E-state index contributed by atoms with van der Waals surface area (Å²) in [7, 11) is 0. The molecule has 0 radical (unpaired) electrons. The molecule has 0 saturated carbocycles. The maximum absolute atomic E-state index is 12.5. The molecule has 0 atom stereocenters. The largest absolute Gasteiger partial charge is 0.395 e. The van der Waals surface area contributed by atoms with Crippen LogP contribution in [0.15, 0.2) is 18.2 Å². The average Bonchev–Trinajstić information content (AvgIpc) is 2.47. The number of aliphatic hydroxyl groups excluding tert-OH is 1. The molecule has 0 spiro atoms. The van der Waals surface area contributed by atoms with Crippen LogP contribution in [0.5, 0.6) is 0 Å². The van der Waals surface area contributed by atoms with Crippen molar-refractivity contribution in [2.45, 2.75) is 32.7 Å². The normalized spacial score (nSPS) is 10.7. The molecule has 0 aromatic heterocycles. The summed E-state index contributed by atoms with van der Waals surface area (Å²) < 4.78 is 0. The van der Waals surface area contributed by atoms with Crippen LogP contribution >= 0.6 is 11.6 Å². The lowest BCUT2D eigenvalue weighted by Crippen LogP contribution is -2.41. The molecule has 6 nitrogen and oxygen atoms in total. The van der Waals surface area contributed by atoms with Crippen molar-refractivity contribution in [2.24, 2.45) is 0 Å². The van der Waals surface area contributed by atoms with Gasteiger partial charge in [0.25, 0.3) is 11.6 Å². The van der Waals surface area contributed by atoms with Gasteiger partial charge in [-0.1, -0.05) is 25.4 Å². The van der Waals surface area contributed by atoms with Gasteiger partial charge in [-0.15, -0.1) is 0 Å². The molecule has 0 fully saturated rings. The van der Waals surface area contributed by atoms with Gasteiger partial charge in [0.15, 0.2) is 0 Å². The number of hydrogen-bond acceptors (Lipinski definition) is 4. The first-order chi connectivity index (χ1) is 9.96. The van der Waals surface area contributed by atoms with E-state index in [1.54, 1.807) is 4.90 Å². The Labute approximate surface area is 128 Å². The van der Waals surface area contributed by atoms with Crippen molar-refractivity contribution in [1.82, 2.24) is 4.90 Å². The summed E-state index contributed by atoms with van der Waals surface area (Å²) in [5, 5.41) is 20.0. The number of amides is 1. The molecule has 1 amide bonds. The third-order valence-electron chi connectivity index (χ3n) is 3.37. The van der Waals surface area contributed by atoms with Gasteiger partial charge in [0.2, 0.25) is 0 Å². The highest BCUT2D eigenvalue weighted by Crippen LogP contribution is 2.26. The molecule has 116 valence electrons. The molecule has 0 aliphatic rings. The Bertz CT molecular complexity index is 518. The minimum Gasteiger partial charge on any atom is -0.395 e. The summed E-state index contributed by atoms with van der Waals surface area (Å²) in [6.45, 7) is 3.95. The van der Waals surface area contributed by atoms with Crippen molar-refractivity contribution in [3.63, 3.8) is 0 Å². The second-order valence-electron chi connectivity index (χ2n) is 4.62. The van der Waals surface area contributed by atoms with Crippen molar-refractivity contribution in [1.29, 1.82) is 0 Å². The molecule has 1 rings (SSSR count). The lowest BCUT2D eigenvalue weighted by atomic mass is 10.1. The van der Waals surface area contributed by atoms with Crippen LogP contribution in [-0.4, -0.2) is 40.0 Å². The van der Waals surface area contributed by atoms with Crippen LogP contribution < -0.4 is 0 Å². The van der Waals surface area contributed by atoms with E-state index in [1.165, 1.54) is 18.2 Å².